The molecule has 0 fully saturated rings. The molecule has 0 bridgehead atoms. The second-order valence-electron chi connectivity index (χ2n) is 4.14. The number of fused-ring (bicyclic) bond motifs is 1. The summed E-state index contributed by atoms with van der Waals surface area (Å²) in [4.78, 5) is 4.51. The van der Waals surface area contributed by atoms with Gasteiger partial charge < -0.3 is 10.3 Å². The van der Waals surface area contributed by atoms with E-state index in [1.54, 1.807) is 6.07 Å². The van der Waals surface area contributed by atoms with Crippen LogP contribution in [0.2, 0.25) is 0 Å². The lowest BCUT2D eigenvalue weighted by Crippen LogP contribution is -2.08. The second-order valence-corrected chi connectivity index (χ2v) is 4.14. The number of aryl methyl sites for hydroxylation is 1. The van der Waals surface area contributed by atoms with Crippen LogP contribution in [0.5, 0.6) is 0 Å². The third kappa shape index (κ3) is 1.80. The van der Waals surface area contributed by atoms with Gasteiger partial charge in [-0.2, -0.15) is 0 Å². The Bertz CT molecular complexity index is 504. The van der Waals surface area contributed by atoms with Gasteiger partial charge in [0.15, 0.2) is 0 Å². The molecule has 0 aliphatic carbocycles. The van der Waals surface area contributed by atoms with Gasteiger partial charge in [-0.25, -0.2) is 9.37 Å². The van der Waals surface area contributed by atoms with Gasteiger partial charge in [0.1, 0.15) is 11.6 Å². The van der Waals surface area contributed by atoms with Crippen molar-refractivity contribution in [3.63, 3.8) is 0 Å². The van der Waals surface area contributed by atoms with E-state index in [9.17, 15) is 4.39 Å². The Kier molecular flexibility index (Phi) is 2.92. The predicted molar refractivity (Wildman–Crippen MR) is 62.8 cm³/mol. The van der Waals surface area contributed by atoms with Crippen LogP contribution in [0.15, 0.2) is 18.2 Å². The van der Waals surface area contributed by atoms with Crippen molar-refractivity contribution in [3.8, 4) is 0 Å². The molecular formula is C12H16FN3. The molecule has 1 aromatic carbocycles. The fraction of sp³-hybridized carbons (Fsp3) is 0.417. The third-order valence-electron chi connectivity index (χ3n) is 2.92. The van der Waals surface area contributed by atoms with Crippen LogP contribution in [-0.4, -0.2) is 16.1 Å². The first-order chi connectivity index (χ1) is 7.63. The molecule has 0 radical (unpaired) electrons. The van der Waals surface area contributed by atoms with E-state index < -0.39 is 0 Å². The normalized spacial score (nSPS) is 13.2. The third-order valence-corrected chi connectivity index (χ3v) is 2.92. The molecule has 0 aliphatic heterocycles. The number of benzene rings is 1. The van der Waals surface area contributed by atoms with Gasteiger partial charge in [0.25, 0.3) is 0 Å². The van der Waals surface area contributed by atoms with E-state index in [0.29, 0.717) is 12.5 Å². The average molecular weight is 221 g/mol. The minimum atomic E-state index is -0.228. The smallest absolute Gasteiger partial charge is 0.125 e. The molecule has 1 atom stereocenters. The highest BCUT2D eigenvalue weighted by Crippen LogP contribution is 2.23. The lowest BCUT2D eigenvalue weighted by atomic mass is 10.1. The summed E-state index contributed by atoms with van der Waals surface area (Å²) in [6, 6.07) is 4.66. The summed E-state index contributed by atoms with van der Waals surface area (Å²) in [5.74, 6) is 1.03. The van der Waals surface area contributed by atoms with Crippen LogP contribution in [-0.2, 0) is 7.05 Å². The Morgan fingerprint density at radius 1 is 1.50 bits per heavy atom. The van der Waals surface area contributed by atoms with Crippen LogP contribution >= 0.6 is 0 Å². The van der Waals surface area contributed by atoms with Crippen molar-refractivity contribution in [2.45, 2.75) is 19.3 Å². The molecule has 2 N–H and O–H groups in total. The average Bonchev–Trinajstić information content (AvgIpc) is 2.57. The Balaban J connectivity index is 2.51. The van der Waals surface area contributed by atoms with Crippen LogP contribution in [0.1, 0.15) is 25.1 Å². The number of aromatic nitrogens is 2. The first-order valence-electron chi connectivity index (χ1n) is 5.45. The topological polar surface area (TPSA) is 43.8 Å². The van der Waals surface area contributed by atoms with Crippen molar-refractivity contribution < 1.29 is 4.39 Å². The van der Waals surface area contributed by atoms with E-state index in [4.69, 9.17) is 5.73 Å². The Morgan fingerprint density at radius 3 is 2.94 bits per heavy atom. The molecule has 86 valence electrons. The van der Waals surface area contributed by atoms with Gasteiger partial charge in [-0.15, -0.1) is 0 Å². The highest BCUT2D eigenvalue weighted by molar-refractivity contribution is 5.76. The Labute approximate surface area is 94.1 Å². The summed E-state index contributed by atoms with van der Waals surface area (Å²) in [6.45, 7) is 2.73. The molecule has 0 spiro atoms. The lowest BCUT2D eigenvalue weighted by molar-refractivity contribution is 0.619. The van der Waals surface area contributed by atoms with Gasteiger partial charge in [0, 0.05) is 13.0 Å². The van der Waals surface area contributed by atoms with E-state index in [1.165, 1.54) is 12.1 Å². The monoisotopic (exact) mass is 221 g/mol. The molecular weight excluding hydrogens is 205 g/mol. The summed E-state index contributed by atoms with van der Waals surface area (Å²) in [5.41, 5.74) is 7.21. The van der Waals surface area contributed by atoms with Crippen LogP contribution in [0.4, 0.5) is 4.39 Å². The molecule has 1 heterocycles. The zero-order chi connectivity index (χ0) is 11.7. The summed E-state index contributed by atoms with van der Waals surface area (Å²) >= 11 is 0. The molecule has 2 aromatic rings. The maximum absolute atomic E-state index is 13.1. The number of nitrogens with two attached hydrogens (primary N) is 1. The van der Waals surface area contributed by atoms with E-state index in [2.05, 4.69) is 11.9 Å². The molecule has 3 nitrogen and oxygen atoms in total. The van der Waals surface area contributed by atoms with E-state index in [1.807, 2.05) is 11.6 Å². The van der Waals surface area contributed by atoms with Crippen molar-refractivity contribution in [1.29, 1.82) is 0 Å². The van der Waals surface area contributed by atoms with Crippen molar-refractivity contribution in [2.24, 2.45) is 12.8 Å². The number of imidazole rings is 1. The molecule has 4 heteroatoms. The van der Waals surface area contributed by atoms with Gasteiger partial charge >= 0.3 is 0 Å². The second kappa shape index (κ2) is 4.22. The molecule has 0 aliphatic rings. The number of hydrogen-bond acceptors (Lipinski definition) is 2. The van der Waals surface area contributed by atoms with Gasteiger partial charge in [0.05, 0.1) is 11.0 Å². The van der Waals surface area contributed by atoms with Gasteiger partial charge in [-0.1, -0.05) is 6.92 Å². The summed E-state index contributed by atoms with van der Waals surface area (Å²) in [7, 11) is 1.91. The maximum atomic E-state index is 13.1. The van der Waals surface area contributed by atoms with E-state index >= 15 is 0 Å². The Morgan fingerprint density at radius 2 is 2.25 bits per heavy atom. The van der Waals surface area contributed by atoms with Crippen LogP contribution in [0.3, 0.4) is 0 Å². The van der Waals surface area contributed by atoms with Gasteiger partial charge in [-0.3, -0.25) is 0 Å². The van der Waals surface area contributed by atoms with Crippen molar-refractivity contribution in [1.82, 2.24) is 9.55 Å². The largest absolute Gasteiger partial charge is 0.331 e. The van der Waals surface area contributed by atoms with Crippen LogP contribution in [0.25, 0.3) is 11.0 Å². The summed E-state index contributed by atoms with van der Waals surface area (Å²) in [5, 5.41) is 0. The van der Waals surface area contributed by atoms with Gasteiger partial charge in [-0.05, 0) is 31.2 Å². The molecule has 2 rings (SSSR count). The minimum absolute atomic E-state index is 0.228. The van der Waals surface area contributed by atoms with Crippen molar-refractivity contribution in [3.05, 3.63) is 29.8 Å². The fourth-order valence-electron chi connectivity index (χ4n) is 2.00. The first kappa shape index (κ1) is 11.1. The summed E-state index contributed by atoms with van der Waals surface area (Å²) < 4.78 is 15.1. The molecule has 0 saturated carbocycles. The number of rotatable bonds is 3. The van der Waals surface area contributed by atoms with Crippen LogP contribution < -0.4 is 5.73 Å². The molecule has 1 aromatic heterocycles. The zero-order valence-corrected chi connectivity index (χ0v) is 9.57. The standard InChI is InChI=1S/C12H16FN3/c1-8(5-6-14)12-15-10-4-3-9(13)7-11(10)16(12)2/h3-4,7-8H,5-6,14H2,1-2H3. The van der Waals surface area contributed by atoms with E-state index in [0.717, 1.165) is 23.3 Å². The quantitative estimate of drug-likeness (QED) is 0.863. The predicted octanol–water partition coefficient (Wildman–Crippen LogP) is 2.16. The highest BCUT2D eigenvalue weighted by atomic mass is 19.1. The van der Waals surface area contributed by atoms with Crippen LogP contribution in [0, 0.1) is 5.82 Å². The van der Waals surface area contributed by atoms with Crippen molar-refractivity contribution in [2.75, 3.05) is 6.54 Å². The van der Waals surface area contributed by atoms with Gasteiger partial charge in [0.2, 0.25) is 0 Å². The first-order valence-corrected chi connectivity index (χ1v) is 5.45. The fourth-order valence-corrected chi connectivity index (χ4v) is 2.00. The minimum Gasteiger partial charge on any atom is -0.331 e. The van der Waals surface area contributed by atoms with E-state index in [-0.39, 0.29) is 5.82 Å². The number of nitrogens with zero attached hydrogens (tertiary/aromatic N) is 2. The number of hydrogen-bond donors (Lipinski definition) is 1. The Hall–Kier alpha value is -1.42. The SMILES string of the molecule is CC(CCN)c1nc2ccc(F)cc2n1C. The zero-order valence-electron chi connectivity index (χ0n) is 9.57. The highest BCUT2D eigenvalue weighted by Gasteiger charge is 2.13. The summed E-state index contributed by atoms with van der Waals surface area (Å²) in [6.07, 6.45) is 0.889. The number of halogens is 1. The maximum Gasteiger partial charge on any atom is 0.125 e. The molecule has 0 amide bonds. The molecule has 0 saturated heterocycles. The lowest BCUT2D eigenvalue weighted by Gasteiger charge is -2.09. The molecule has 16 heavy (non-hydrogen) atoms. The molecule has 1 unspecified atom stereocenters. The van der Waals surface area contributed by atoms with Crippen molar-refractivity contribution >= 4 is 11.0 Å².